The minimum atomic E-state index is -0.359. The molecule has 0 fully saturated rings. The predicted octanol–water partition coefficient (Wildman–Crippen LogP) is 5.36. The van der Waals surface area contributed by atoms with E-state index >= 15 is 0 Å². The monoisotopic (exact) mass is 341 g/mol. The van der Waals surface area contributed by atoms with Gasteiger partial charge in [0.25, 0.3) is 5.69 Å². The van der Waals surface area contributed by atoms with Gasteiger partial charge in [0.1, 0.15) is 0 Å². The van der Waals surface area contributed by atoms with Gasteiger partial charge in [-0.05, 0) is 36.1 Å². The van der Waals surface area contributed by atoms with E-state index in [1.54, 1.807) is 12.1 Å². The van der Waals surface area contributed by atoms with E-state index in [2.05, 4.69) is 24.0 Å². The van der Waals surface area contributed by atoms with Gasteiger partial charge in [0.2, 0.25) is 0 Å². The summed E-state index contributed by atoms with van der Waals surface area (Å²) in [7, 11) is 0. The molecule has 0 aromatic heterocycles. The van der Waals surface area contributed by atoms with Crippen LogP contribution in [0.5, 0.6) is 0 Å². The molecule has 0 heterocycles. The van der Waals surface area contributed by atoms with Gasteiger partial charge in [-0.3, -0.25) is 10.1 Å². The molecule has 3 nitrogen and oxygen atoms in total. The molecular weight excluding hydrogens is 322 g/mol. The van der Waals surface area contributed by atoms with Gasteiger partial charge in [0.05, 0.1) is 4.92 Å². The quantitative estimate of drug-likeness (QED) is 0.356. The molecule has 0 aliphatic carbocycles. The number of benzene rings is 3. The van der Waals surface area contributed by atoms with Crippen LogP contribution in [0, 0.1) is 22.0 Å². The van der Waals surface area contributed by atoms with Crippen molar-refractivity contribution in [3.63, 3.8) is 0 Å². The zero-order valence-electron chi connectivity index (χ0n) is 14.3. The fourth-order valence-electron chi connectivity index (χ4n) is 2.82. The van der Waals surface area contributed by atoms with Gasteiger partial charge in [-0.25, -0.2) is 0 Å². The molecule has 128 valence electrons. The average Bonchev–Trinajstić information content (AvgIpc) is 2.69. The molecule has 0 aliphatic rings. The Bertz CT molecular complexity index is 924. The van der Waals surface area contributed by atoms with Crippen LogP contribution < -0.4 is 0 Å². The molecular formula is C23H19NO2. The normalized spacial score (nSPS) is 11.2. The summed E-state index contributed by atoms with van der Waals surface area (Å²) < 4.78 is 0. The number of aryl methyl sites for hydroxylation is 1. The van der Waals surface area contributed by atoms with Gasteiger partial charge in [-0.1, -0.05) is 72.5 Å². The highest BCUT2D eigenvalue weighted by molar-refractivity contribution is 5.42. The zero-order chi connectivity index (χ0) is 18.2. The molecule has 0 bridgehead atoms. The van der Waals surface area contributed by atoms with Gasteiger partial charge in [0.15, 0.2) is 0 Å². The van der Waals surface area contributed by atoms with Crippen LogP contribution in [0.2, 0.25) is 0 Å². The standard InChI is InChI=1S/C23H19NO2/c25-24(26)23-13-7-12-22(18-23)21(16-14-19-8-3-1-4-9-19)17-15-20-10-5-2-6-11-20/h1-13,18,21H,14,16H2/t21-/m1/s1. The number of nitro groups is 1. The van der Waals surface area contributed by atoms with Gasteiger partial charge in [-0.15, -0.1) is 0 Å². The lowest BCUT2D eigenvalue weighted by atomic mass is 9.92. The largest absolute Gasteiger partial charge is 0.269 e. The molecule has 0 amide bonds. The van der Waals surface area contributed by atoms with Crippen molar-refractivity contribution in [2.45, 2.75) is 18.8 Å². The predicted molar refractivity (Wildman–Crippen MR) is 104 cm³/mol. The maximum atomic E-state index is 11.1. The Morgan fingerprint density at radius 3 is 2.27 bits per heavy atom. The summed E-state index contributed by atoms with van der Waals surface area (Å²) in [6, 6.07) is 26.8. The van der Waals surface area contributed by atoms with E-state index in [0.29, 0.717) is 0 Å². The summed E-state index contributed by atoms with van der Waals surface area (Å²) in [6.45, 7) is 0. The van der Waals surface area contributed by atoms with Crippen molar-refractivity contribution in [3.05, 3.63) is 112 Å². The molecule has 0 N–H and O–H groups in total. The third-order valence-corrected chi connectivity index (χ3v) is 4.21. The molecule has 3 rings (SSSR count). The Morgan fingerprint density at radius 1 is 0.885 bits per heavy atom. The van der Waals surface area contributed by atoms with Crippen LogP contribution in [-0.2, 0) is 6.42 Å². The lowest BCUT2D eigenvalue weighted by Gasteiger charge is -2.11. The number of non-ortho nitro benzene ring substituents is 1. The number of hydrogen-bond donors (Lipinski definition) is 0. The molecule has 3 aromatic rings. The highest BCUT2D eigenvalue weighted by atomic mass is 16.6. The Balaban J connectivity index is 1.87. The maximum Gasteiger partial charge on any atom is 0.269 e. The Hall–Kier alpha value is -3.38. The summed E-state index contributed by atoms with van der Waals surface area (Å²) >= 11 is 0. The topological polar surface area (TPSA) is 43.1 Å². The number of nitro benzene ring substituents is 1. The highest BCUT2D eigenvalue weighted by Crippen LogP contribution is 2.25. The van der Waals surface area contributed by atoms with Crippen LogP contribution in [0.4, 0.5) is 5.69 Å². The van der Waals surface area contributed by atoms with Crippen LogP contribution in [-0.4, -0.2) is 4.92 Å². The molecule has 1 atom stereocenters. The third kappa shape index (κ3) is 4.81. The van der Waals surface area contributed by atoms with Gasteiger partial charge < -0.3 is 0 Å². The van der Waals surface area contributed by atoms with Crippen LogP contribution in [0.1, 0.15) is 29.0 Å². The van der Waals surface area contributed by atoms with Gasteiger partial charge >= 0.3 is 0 Å². The maximum absolute atomic E-state index is 11.1. The highest BCUT2D eigenvalue weighted by Gasteiger charge is 2.13. The van der Waals surface area contributed by atoms with Gasteiger partial charge in [-0.2, -0.15) is 0 Å². The van der Waals surface area contributed by atoms with E-state index in [4.69, 9.17) is 0 Å². The molecule has 3 aromatic carbocycles. The van der Waals surface area contributed by atoms with Crippen molar-refractivity contribution in [2.24, 2.45) is 0 Å². The van der Waals surface area contributed by atoms with Crippen molar-refractivity contribution in [1.82, 2.24) is 0 Å². The van der Waals surface area contributed by atoms with Crippen molar-refractivity contribution >= 4 is 5.69 Å². The first kappa shape index (κ1) is 17.4. The van der Waals surface area contributed by atoms with Crippen molar-refractivity contribution in [3.8, 4) is 11.8 Å². The number of nitrogens with zero attached hydrogens (tertiary/aromatic N) is 1. The summed E-state index contributed by atoms with van der Waals surface area (Å²) in [5.74, 6) is 6.46. The third-order valence-electron chi connectivity index (χ3n) is 4.21. The van der Waals surface area contributed by atoms with Crippen LogP contribution in [0.25, 0.3) is 0 Å². The lowest BCUT2D eigenvalue weighted by Crippen LogP contribution is -2.00. The fraction of sp³-hybridized carbons (Fsp3) is 0.130. The molecule has 0 saturated carbocycles. The van der Waals surface area contributed by atoms with Crippen LogP contribution in [0.15, 0.2) is 84.9 Å². The van der Waals surface area contributed by atoms with Crippen LogP contribution >= 0.6 is 0 Å². The fourth-order valence-corrected chi connectivity index (χ4v) is 2.82. The van der Waals surface area contributed by atoms with E-state index in [1.165, 1.54) is 11.6 Å². The second-order valence-electron chi connectivity index (χ2n) is 6.06. The molecule has 26 heavy (non-hydrogen) atoms. The first-order chi connectivity index (χ1) is 12.7. The molecule has 0 unspecified atom stereocenters. The summed E-state index contributed by atoms with van der Waals surface area (Å²) in [5, 5.41) is 11.1. The van der Waals surface area contributed by atoms with Crippen LogP contribution in [0.3, 0.4) is 0 Å². The lowest BCUT2D eigenvalue weighted by molar-refractivity contribution is -0.384. The van der Waals surface area contributed by atoms with Crippen molar-refractivity contribution in [1.29, 1.82) is 0 Å². The average molecular weight is 341 g/mol. The molecule has 0 radical (unpaired) electrons. The van der Waals surface area contributed by atoms with Crippen molar-refractivity contribution in [2.75, 3.05) is 0 Å². The van der Waals surface area contributed by atoms with E-state index in [-0.39, 0.29) is 16.5 Å². The second kappa shape index (κ2) is 8.64. The first-order valence-corrected chi connectivity index (χ1v) is 8.57. The number of rotatable bonds is 5. The van der Waals surface area contributed by atoms with E-state index in [9.17, 15) is 10.1 Å². The molecule has 3 heteroatoms. The Morgan fingerprint density at radius 2 is 1.58 bits per heavy atom. The summed E-state index contributed by atoms with van der Waals surface area (Å²) in [6.07, 6.45) is 1.68. The van der Waals surface area contributed by atoms with Gasteiger partial charge in [0, 0.05) is 23.6 Å². The Kier molecular flexibility index (Phi) is 5.80. The molecule has 0 aliphatic heterocycles. The minimum Gasteiger partial charge on any atom is -0.258 e. The number of hydrogen-bond acceptors (Lipinski definition) is 2. The smallest absolute Gasteiger partial charge is 0.258 e. The Labute approximate surface area is 153 Å². The van der Waals surface area contributed by atoms with Crippen molar-refractivity contribution < 1.29 is 4.92 Å². The summed E-state index contributed by atoms with van der Waals surface area (Å²) in [5.41, 5.74) is 3.18. The second-order valence-corrected chi connectivity index (χ2v) is 6.06. The molecule has 0 saturated heterocycles. The summed E-state index contributed by atoms with van der Waals surface area (Å²) in [4.78, 5) is 10.7. The zero-order valence-corrected chi connectivity index (χ0v) is 14.3. The first-order valence-electron chi connectivity index (χ1n) is 8.57. The minimum absolute atomic E-state index is 0.0599. The van der Waals surface area contributed by atoms with E-state index in [0.717, 1.165) is 24.0 Å². The van der Waals surface area contributed by atoms with E-state index in [1.807, 2.05) is 54.6 Å². The van der Waals surface area contributed by atoms with E-state index < -0.39 is 0 Å². The SMILES string of the molecule is O=[N+]([O-])c1cccc([C@@H](C#Cc2ccccc2)CCc2ccccc2)c1. The molecule has 0 spiro atoms.